The molecule has 8 heteroatoms. The molecule has 1 aromatic carbocycles. The van der Waals surface area contributed by atoms with Crippen LogP contribution in [-0.4, -0.2) is 39.7 Å². The van der Waals surface area contributed by atoms with Crippen LogP contribution < -0.4 is 15.9 Å². The van der Waals surface area contributed by atoms with Crippen LogP contribution in [0.25, 0.3) is 11.4 Å². The van der Waals surface area contributed by atoms with E-state index in [2.05, 4.69) is 15.5 Å². The number of nitrogens with one attached hydrogen (secondary N) is 1. The average Bonchev–Trinajstić information content (AvgIpc) is 3.01. The number of nitrogens with two attached hydrogens (primary N) is 1. The molecule has 1 fully saturated rings. The minimum absolute atomic E-state index is 0.0193. The third kappa shape index (κ3) is 4.45. The molecule has 0 spiro atoms. The van der Waals surface area contributed by atoms with Crippen LogP contribution >= 0.6 is 11.8 Å². The van der Waals surface area contributed by atoms with Crippen LogP contribution in [0.15, 0.2) is 29.4 Å². The van der Waals surface area contributed by atoms with Gasteiger partial charge in [0.05, 0.1) is 12.9 Å². The van der Waals surface area contributed by atoms with Gasteiger partial charge in [-0.05, 0) is 37.1 Å². The van der Waals surface area contributed by atoms with Gasteiger partial charge in [0, 0.05) is 11.6 Å². The molecule has 134 valence electrons. The molecule has 1 aliphatic rings. The van der Waals surface area contributed by atoms with E-state index in [-0.39, 0.29) is 11.7 Å². The SMILES string of the molecule is COc1ccc(-c2nnc(SCC(=O)NC3CCCCC3)n2N)cc1. The number of amides is 1. The highest BCUT2D eigenvalue weighted by Crippen LogP contribution is 2.23. The third-order valence-corrected chi connectivity index (χ3v) is 5.26. The summed E-state index contributed by atoms with van der Waals surface area (Å²) in [5, 5.41) is 11.8. The summed E-state index contributed by atoms with van der Waals surface area (Å²) in [6.45, 7) is 0. The van der Waals surface area contributed by atoms with Crippen molar-refractivity contribution in [3.63, 3.8) is 0 Å². The number of hydrogen-bond donors (Lipinski definition) is 2. The summed E-state index contributed by atoms with van der Waals surface area (Å²) in [5.74, 6) is 7.71. The maximum Gasteiger partial charge on any atom is 0.230 e. The fourth-order valence-electron chi connectivity index (χ4n) is 2.96. The lowest BCUT2D eigenvalue weighted by Gasteiger charge is -2.22. The second-order valence-electron chi connectivity index (χ2n) is 6.10. The van der Waals surface area contributed by atoms with Gasteiger partial charge in [0.1, 0.15) is 5.75 Å². The first-order valence-electron chi connectivity index (χ1n) is 8.44. The number of ether oxygens (including phenoxy) is 1. The molecule has 1 aliphatic carbocycles. The topological polar surface area (TPSA) is 95.1 Å². The fraction of sp³-hybridized carbons (Fsp3) is 0.471. The molecule has 1 heterocycles. The van der Waals surface area contributed by atoms with Crippen LogP contribution in [0.3, 0.4) is 0 Å². The third-order valence-electron chi connectivity index (χ3n) is 4.32. The quantitative estimate of drug-likeness (QED) is 0.605. The highest BCUT2D eigenvalue weighted by molar-refractivity contribution is 7.99. The first-order valence-corrected chi connectivity index (χ1v) is 9.43. The molecule has 0 bridgehead atoms. The van der Waals surface area contributed by atoms with E-state index in [4.69, 9.17) is 10.6 Å². The Hall–Kier alpha value is -2.22. The Labute approximate surface area is 151 Å². The summed E-state index contributed by atoms with van der Waals surface area (Å²) in [4.78, 5) is 12.1. The molecular weight excluding hydrogens is 338 g/mol. The van der Waals surface area contributed by atoms with Crippen molar-refractivity contribution in [1.29, 1.82) is 0 Å². The highest BCUT2D eigenvalue weighted by atomic mass is 32.2. The van der Waals surface area contributed by atoms with Gasteiger partial charge in [-0.15, -0.1) is 10.2 Å². The van der Waals surface area contributed by atoms with Crippen molar-refractivity contribution in [2.75, 3.05) is 18.7 Å². The van der Waals surface area contributed by atoms with Crippen molar-refractivity contribution >= 4 is 17.7 Å². The summed E-state index contributed by atoms with van der Waals surface area (Å²) < 4.78 is 6.56. The Morgan fingerprint density at radius 3 is 2.68 bits per heavy atom. The van der Waals surface area contributed by atoms with Crippen molar-refractivity contribution in [2.24, 2.45) is 0 Å². The Balaban J connectivity index is 1.58. The van der Waals surface area contributed by atoms with Gasteiger partial charge in [0.25, 0.3) is 0 Å². The zero-order valence-corrected chi connectivity index (χ0v) is 15.1. The van der Waals surface area contributed by atoms with Gasteiger partial charge < -0.3 is 15.9 Å². The summed E-state index contributed by atoms with van der Waals surface area (Å²) in [7, 11) is 1.62. The standard InChI is InChI=1S/C17H23N5O2S/c1-24-14-9-7-12(8-10-14)16-20-21-17(22(16)18)25-11-15(23)19-13-5-3-2-4-6-13/h7-10,13H,2-6,11,18H2,1H3,(H,19,23). The Morgan fingerprint density at radius 1 is 1.28 bits per heavy atom. The number of benzene rings is 1. The van der Waals surface area contributed by atoms with Crippen molar-refractivity contribution in [2.45, 2.75) is 43.3 Å². The molecule has 1 aromatic heterocycles. The number of carbonyl (C=O) groups is 1. The van der Waals surface area contributed by atoms with Gasteiger partial charge in [-0.25, -0.2) is 4.68 Å². The average molecular weight is 361 g/mol. The lowest BCUT2D eigenvalue weighted by molar-refractivity contribution is -0.119. The number of carbonyl (C=O) groups excluding carboxylic acids is 1. The molecule has 0 radical (unpaired) electrons. The molecule has 0 unspecified atom stereocenters. The zero-order chi connectivity index (χ0) is 17.6. The predicted molar refractivity (Wildman–Crippen MR) is 97.9 cm³/mol. The number of methoxy groups -OCH3 is 1. The molecule has 1 amide bonds. The number of aromatic nitrogens is 3. The van der Waals surface area contributed by atoms with Gasteiger partial charge in [-0.3, -0.25) is 4.79 Å². The van der Waals surface area contributed by atoms with Crippen molar-refractivity contribution in [1.82, 2.24) is 20.2 Å². The van der Waals surface area contributed by atoms with Crippen molar-refractivity contribution < 1.29 is 9.53 Å². The zero-order valence-electron chi connectivity index (χ0n) is 14.3. The van der Waals surface area contributed by atoms with Crippen LogP contribution in [0.4, 0.5) is 0 Å². The van der Waals surface area contributed by atoms with Gasteiger partial charge in [0.2, 0.25) is 11.1 Å². The van der Waals surface area contributed by atoms with Gasteiger partial charge in [0.15, 0.2) is 5.82 Å². The normalized spacial score (nSPS) is 15.1. The number of hydrogen-bond acceptors (Lipinski definition) is 6. The van der Waals surface area contributed by atoms with E-state index in [0.29, 0.717) is 17.0 Å². The Bertz CT molecular complexity index is 710. The van der Waals surface area contributed by atoms with Crippen LogP contribution in [0.5, 0.6) is 5.75 Å². The van der Waals surface area contributed by atoms with E-state index in [1.165, 1.54) is 35.7 Å². The molecule has 3 rings (SSSR count). The van der Waals surface area contributed by atoms with Crippen LogP contribution in [-0.2, 0) is 4.79 Å². The molecule has 0 saturated heterocycles. The molecule has 3 N–H and O–H groups in total. The first-order chi connectivity index (χ1) is 12.2. The van der Waals surface area contributed by atoms with Gasteiger partial charge >= 0.3 is 0 Å². The van der Waals surface area contributed by atoms with Crippen LogP contribution in [0.2, 0.25) is 0 Å². The van der Waals surface area contributed by atoms with Crippen molar-refractivity contribution in [3.05, 3.63) is 24.3 Å². The van der Waals surface area contributed by atoms with E-state index in [0.717, 1.165) is 24.2 Å². The number of nitrogen functional groups attached to an aromatic ring is 1. The van der Waals surface area contributed by atoms with E-state index in [9.17, 15) is 4.79 Å². The predicted octanol–water partition coefficient (Wildman–Crippen LogP) is 2.21. The van der Waals surface area contributed by atoms with E-state index in [1.54, 1.807) is 7.11 Å². The number of thioether (sulfide) groups is 1. The van der Waals surface area contributed by atoms with E-state index >= 15 is 0 Å². The van der Waals surface area contributed by atoms with E-state index in [1.807, 2.05) is 24.3 Å². The summed E-state index contributed by atoms with van der Waals surface area (Å²) in [6.07, 6.45) is 5.81. The van der Waals surface area contributed by atoms with Crippen LogP contribution in [0, 0.1) is 0 Å². The highest BCUT2D eigenvalue weighted by Gasteiger charge is 2.17. The first kappa shape index (κ1) is 17.6. The number of nitrogens with zero attached hydrogens (tertiary/aromatic N) is 3. The smallest absolute Gasteiger partial charge is 0.230 e. The van der Waals surface area contributed by atoms with Crippen molar-refractivity contribution in [3.8, 4) is 17.1 Å². The molecule has 7 nitrogen and oxygen atoms in total. The van der Waals surface area contributed by atoms with Crippen LogP contribution in [0.1, 0.15) is 32.1 Å². The Kier molecular flexibility index (Phi) is 5.80. The lowest BCUT2D eigenvalue weighted by Crippen LogP contribution is -2.37. The maximum atomic E-state index is 12.1. The van der Waals surface area contributed by atoms with Gasteiger partial charge in [-0.2, -0.15) is 0 Å². The Morgan fingerprint density at radius 2 is 2.00 bits per heavy atom. The summed E-state index contributed by atoms with van der Waals surface area (Å²) in [6, 6.07) is 7.74. The summed E-state index contributed by atoms with van der Waals surface area (Å²) >= 11 is 1.29. The second kappa shape index (κ2) is 8.24. The summed E-state index contributed by atoms with van der Waals surface area (Å²) in [5.41, 5.74) is 0.842. The molecule has 1 saturated carbocycles. The monoisotopic (exact) mass is 361 g/mol. The molecule has 0 atom stereocenters. The fourth-order valence-corrected chi connectivity index (χ4v) is 3.63. The minimum Gasteiger partial charge on any atom is -0.497 e. The molecular formula is C17H23N5O2S. The minimum atomic E-state index is 0.0193. The molecule has 25 heavy (non-hydrogen) atoms. The lowest BCUT2D eigenvalue weighted by atomic mass is 9.95. The molecule has 0 aliphatic heterocycles. The number of rotatable bonds is 6. The molecule has 2 aromatic rings. The van der Waals surface area contributed by atoms with Gasteiger partial charge in [-0.1, -0.05) is 31.0 Å². The second-order valence-corrected chi connectivity index (χ2v) is 7.04. The largest absolute Gasteiger partial charge is 0.497 e. The maximum absolute atomic E-state index is 12.1. The van der Waals surface area contributed by atoms with E-state index < -0.39 is 0 Å².